The van der Waals surface area contributed by atoms with Gasteiger partial charge in [0.05, 0.1) is 21.8 Å². The number of carboxylic acids is 1. The fraction of sp³-hybridized carbons (Fsp3) is 0.500. The summed E-state index contributed by atoms with van der Waals surface area (Å²) in [6.45, 7) is 5.00. The zero-order valence-electron chi connectivity index (χ0n) is 33.1. The van der Waals surface area contributed by atoms with E-state index in [-0.39, 0.29) is 37.2 Å². The van der Waals surface area contributed by atoms with Gasteiger partial charge in [0.25, 0.3) is 30.4 Å². The number of aliphatic carboxylic acids is 1. The maximum Gasteiger partial charge on any atom is 0.303 e. The quantitative estimate of drug-likeness (QED) is 0.0417. The maximum atomic E-state index is 12.2. The van der Waals surface area contributed by atoms with Crippen molar-refractivity contribution >= 4 is 53.4 Å². The highest BCUT2D eigenvalue weighted by atomic mass is 32.2. The molecule has 4 rings (SSSR count). The number of fused-ring (bicyclic) bond motifs is 2. The summed E-state index contributed by atoms with van der Waals surface area (Å²) in [5, 5.41) is 18.8. The number of anilines is 1. The second kappa shape index (κ2) is 19.5. The van der Waals surface area contributed by atoms with Crippen LogP contribution in [0.4, 0.5) is 11.4 Å². The first-order valence-corrected chi connectivity index (χ1v) is 23.8. The molecule has 5 N–H and O–H groups in total. The first-order valence-electron chi connectivity index (χ1n) is 19.1. The lowest BCUT2D eigenvalue weighted by molar-refractivity contribution is -0.441. The summed E-state index contributed by atoms with van der Waals surface area (Å²) in [7, 11) is -11.5. The minimum absolute atomic E-state index is 0.0468. The van der Waals surface area contributed by atoms with Gasteiger partial charge < -0.3 is 19.8 Å². The van der Waals surface area contributed by atoms with Crippen LogP contribution >= 0.6 is 0 Å². The molecule has 2 unspecified atom stereocenters. The first kappa shape index (κ1) is 46.9. The number of benzene rings is 2. The molecule has 0 radical (unpaired) electrons. The van der Waals surface area contributed by atoms with Crippen molar-refractivity contribution in [2.45, 2.75) is 87.4 Å². The van der Waals surface area contributed by atoms with Crippen molar-refractivity contribution in [2.75, 3.05) is 49.8 Å². The fourth-order valence-electron chi connectivity index (χ4n) is 8.06. The normalized spacial score (nSPS) is 20.5. The molecule has 2 aromatic rings. The second-order valence-corrected chi connectivity index (χ2v) is 19.7. The van der Waals surface area contributed by atoms with Crippen molar-refractivity contribution in [1.82, 2.24) is 0 Å². The van der Waals surface area contributed by atoms with Gasteiger partial charge in [-0.1, -0.05) is 36.8 Å². The maximum absolute atomic E-state index is 12.2. The Labute approximate surface area is 341 Å². The summed E-state index contributed by atoms with van der Waals surface area (Å²) in [6.07, 6.45) is 12.3. The number of carbonyl (C=O) groups is 1. The van der Waals surface area contributed by atoms with Crippen molar-refractivity contribution in [2.24, 2.45) is 0 Å². The van der Waals surface area contributed by atoms with Crippen LogP contribution in [0.1, 0.15) is 81.9 Å². The van der Waals surface area contributed by atoms with Gasteiger partial charge in [-0.3, -0.25) is 18.5 Å². The van der Waals surface area contributed by atoms with Gasteiger partial charge in [-0.25, -0.2) is 0 Å². The lowest BCUT2D eigenvalue weighted by Gasteiger charge is -2.30. The molecule has 2 aliphatic heterocycles. The van der Waals surface area contributed by atoms with E-state index < -0.39 is 58.7 Å². The zero-order chi connectivity index (χ0) is 42.9. The third-order valence-electron chi connectivity index (χ3n) is 10.9. The van der Waals surface area contributed by atoms with Crippen LogP contribution in [0, 0.1) is 0 Å². The number of aliphatic hydroxyl groups is 1. The number of rotatable bonds is 23. The number of hydrogen-bond acceptors (Lipinski definition) is 10. The Hall–Kier alpha value is -3.75. The van der Waals surface area contributed by atoms with E-state index >= 15 is 0 Å². The smallest absolute Gasteiger partial charge is 0.303 e. The van der Waals surface area contributed by atoms with Crippen LogP contribution in [-0.2, 0) is 57.1 Å². The number of ether oxygens (including phenoxy) is 1. The number of unbranched alkanes of at least 4 members (excludes halogenated alkanes) is 2. The molecular weight excluding hydrogens is 813 g/mol. The molecular formula is C40H55N2O13S3+. The topological polar surface area (TPSA) is 236 Å². The van der Waals surface area contributed by atoms with E-state index in [1.165, 1.54) is 12.1 Å². The first-order chi connectivity index (χ1) is 27.1. The number of carboxylic acid groups (broad SMARTS) is 1. The molecule has 0 saturated heterocycles. The van der Waals surface area contributed by atoms with Crippen LogP contribution in [0.5, 0.6) is 0 Å². The summed E-state index contributed by atoms with van der Waals surface area (Å²) in [6, 6.07) is 10.2. The lowest BCUT2D eigenvalue weighted by Crippen LogP contribution is -2.32. The molecule has 2 heterocycles. The molecule has 320 valence electrons. The van der Waals surface area contributed by atoms with E-state index in [1.807, 2.05) is 54.9 Å². The van der Waals surface area contributed by atoms with E-state index in [2.05, 4.69) is 4.90 Å². The van der Waals surface area contributed by atoms with Crippen molar-refractivity contribution in [3.05, 3.63) is 89.2 Å². The van der Waals surface area contributed by atoms with Gasteiger partial charge >= 0.3 is 5.97 Å². The Morgan fingerprint density at radius 2 is 1.50 bits per heavy atom. The summed E-state index contributed by atoms with van der Waals surface area (Å²) in [5.74, 6) is -1.80. The third-order valence-corrected chi connectivity index (χ3v) is 13.3. The molecule has 0 amide bonds. The van der Waals surface area contributed by atoms with Gasteiger partial charge in [0.15, 0.2) is 12.3 Å². The third kappa shape index (κ3) is 11.9. The number of hydrogen-bond donors (Lipinski definition) is 5. The van der Waals surface area contributed by atoms with Gasteiger partial charge in [0.1, 0.15) is 6.61 Å². The van der Waals surface area contributed by atoms with E-state index in [4.69, 9.17) is 9.84 Å². The molecule has 2 aromatic carbocycles. The summed E-state index contributed by atoms with van der Waals surface area (Å²) in [5.41, 5.74) is 3.82. The molecule has 0 aliphatic carbocycles. The number of allylic oxidation sites excluding steroid dienone is 6. The Morgan fingerprint density at radius 3 is 2.10 bits per heavy atom. The zero-order valence-corrected chi connectivity index (χ0v) is 35.5. The number of methoxy groups -OCH3 is 1. The van der Waals surface area contributed by atoms with Crippen LogP contribution in [0.15, 0.2) is 77.4 Å². The Balaban J connectivity index is 1.79. The fourth-order valence-corrected chi connectivity index (χ4v) is 9.59. The highest BCUT2D eigenvalue weighted by molar-refractivity contribution is 7.86. The molecule has 0 aromatic heterocycles. The predicted molar refractivity (Wildman–Crippen MR) is 221 cm³/mol. The molecule has 18 heteroatoms. The molecule has 0 saturated carbocycles. The molecule has 0 spiro atoms. The summed E-state index contributed by atoms with van der Waals surface area (Å²) < 4.78 is 108. The van der Waals surface area contributed by atoms with Crippen LogP contribution in [0.3, 0.4) is 0 Å². The number of nitrogens with zero attached hydrogens (tertiary/aromatic N) is 2. The van der Waals surface area contributed by atoms with E-state index in [9.17, 15) is 48.8 Å². The van der Waals surface area contributed by atoms with Gasteiger partial charge in [-0.15, -0.1) is 0 Å². The standard InChI is InChI=1S/C40H54N2O13S3/c1-39(20-10-26-56(46,47)48)32-28-30(19-24-43)15-17-34(32)41(22-9-5-8-14-38(44)45)36(39)12-6-4-7-13-37-40(2,21-11-27-57(49,50)51)33-29-31(58(52,53)54)16-18-35(33)42(37)23-25-55-3/h4,6-7,12-13,15-18,28-29,43H,5,8-11,14,19-27H2,1-3H3,(H3-,44,45,46,47,48,49,50,51,52,53,54)/p+1. The minimum Gasteiger partial charge on any atom is -0.481 e. The van der Waals surface area contributed by atoms with Crippen LogP contribution in [0.25, 0.3) is 0 Å². The van der Waals surface area contributed by atoms with E-state index in [1.54, 1.807) is 25.3 Å². The molecule has 0 fully saturated rings. The van der Waals surface area contributed by atoms with Gasteiger partial charge in [0.2, 0.25) is 5.69 Å². The highest BCUT2D eigenvalue weighted by Gasteiger charge is 2.48. The molecule has 15 nitrogen and oxygen atoms in total. The number of aliphatic hydroxyl groups excluding tert-OH is 1. The van der Waals surface area contributed by atoms with Crippen LogP contribution in [0.2, 0.25) is 0 Å². The summed E-state index contributed by atoms with van der Waals surface area (Å²) in [4.78, 5) is 13.0. The van der Waals surface area contributed by atoms with Gasteiger partial charge in [-0.2, -0.15) is 29.8 Å². The van der Waals surface area contributed by atoms with Crippen molar-refractivity contribution in [3.63, 3.8) is 0 Å². The highest BCUT2D eigenvalue weighted by Crippen LogP contribution is 2.51. The monoisotopic (exact) mass is 867 g/mol. The van der Waals surface area contributed by atoms with Crippen molar-refractivity contribution in [3.8, 4) is 0 Å². The molecule has 2 atom stereocenters. The van der Waals surface area contributed by atoms with E-state index in [0.717, 1.165) is 22.5 Å². The van der Waals surface area contributed by atoms with Crippen LogP contribution < -0.4 is 4.90 Å². The largest absolute Gasteiger partial charge is 0.481 e. The Kier molecular flexibility index (Phi) is 15.8. The Bertz CT molecular complexity index is 2280. The van der Waals surface area contributed by atoms with Gasteiger partial charge in [-0.05, 0) is 94.2 Å². The Morgan fingerprint density at radius 1 is 0.828 bits per heavy atom. The van der Waals surface area contributed by atoms with Crippen LogP contribution in [-0.4, -0.2) is 110 Å². The molecule has 2 aliphatic rings. The predicted octanol–water partition coefficient (Wildman–Crippen LogP) is 5.23. The molecule has 58 heavy (non-hydrogen) atoms. The average Bonchev–Trinajstić information content (AvgIpc) is 3.48. The second-order valence-electron chi connectivity index (χ2n) is 15.1. The van der Waals surface area contributed by atoms with Crippen molar-refractivity contribution in [1.29, 1.82) is 0 Å². The summed E-state index contributed by atoms with van der Waals surface area (Å²) >= 11 is 0. The van der Waals surface area contributed by atoms with Gasteiger partial charge in [0, 0.05) is 61.2 Å². The average molecular weight is 868 g/mol. The minimum atomic E-state index is -4.57. The molecule has 0 bridgehead atoms. The lowest BCUT2D eigenvalue weighted by atomic mass is 9.76. The SMILES string of the molecule is COCC[N+]1=C(/C=C/C=C/C=C2/N(CCCCCC(=O)O)c3ccc(CCO)cc3C2(C)CCCS(=O)(=O)O)C(C)(CCCS(=O)(=O)O)c2cc(S(=O)(=O)O)ccc21. The van der Waals surface area contributed by atoms with Crippen molar-refractivity contribution < 1.29 is 63.2 Å². The van der Waals surface area contributed by atoms with E-state index in [0.29, 0.717) is 68.8 Å².